The second kappa shape index (κ2) is 9.74. The third-order valence-electron chi connectivity index (χ3n) is 4.87. The van der Waals surface area contributed by atoms with Gasteiger partial charge in [-0.1, -0.05) is 20.8 Å². The fourth-order valence-electron chi connectivity index (χ4n) is 3.73. The van der Waals surface area contributed by atoms with Gasteiger partial charge in [-0.15, -0.1) is 0 Å². The molecule has 0 saturated carbocycles. The van der Waals surface area contributed by atoms with Crippen LogP contribution in [0.25, 0.3) is 0 Å². The SMILES string of the molecule is C[Si](C)OC(C1CC(Oc2cc(F)cc([N+](=O)[O-])c2)CN1C(=O)OC(C)(C)C)C(C)(C)C. The van der Waals surface area contributed by atoms with E-state index in [1.54, 1.807) is 25.7 Å². The Balaban J connectivity index is 2.34. The number of likely N-dealkylation sites (tertiary alicyclic amines) is 1. The summed E-state index contributed by atoms with van der Waals surface area (Å²) in [7, 11) is -1.08. The van der Waals surface area contributed by atoms with Gasteiger partial charge in [0, 0.05) is 12.5 Å². The van der Waals surface area contributed by atoms with E-state index in [2.05, 4.69) is 20.8 Å². The maximum atomic E-state index is 13.9. The second-order valence-electron chi connectivity index (χ2n) is 10.4. The van der Waals surface area contributed by atoms with E-state index in [-0.39, 0.29) is 29.9 Å². The lowest BCUT2D eigenvalue weighted by Crippen LogP contribution is -2.51. The third-order valence-corrected chi connectivity index (χ3v) is 5.59. The van der Waals surface area contributed by atoms with Crippen LogP contribution in [0.4, 0.5) is 14.9 Å². The Morgan fingerprint density at radius 3 is 2.34 bits per heavy atom. The Kier molecular flexibility index (Phi) is 7.93. The van der Waals surface area contributed by atoms with E-state index in [1.165, 1.54) is 6.07 Å². The minimum atomic E-state index is -1.08. The van der Waals surface area contributed by atoms with Crippen molar-refractivity contribution in [2.24, 2.45) is 5.41 Å². The molecule has 0 aromatic heterocycles. The summed E-state index contributed by atoms with van der Waals surface area (Å²) in [6.45, 7) is 15.8. The Hall–Kier alpha value is -2.20. The third kappa shape index (κ3) is 7.16. The van der Waals surface area contributed by atoms with Gasteiger partial charge in [0.15, 0.2) is 0 Å². The summed E-state index contributed by atoms with van der Waals surface area (Å²) in [5.41, 5.74) is -1.33. The molecule has 1 aliphatic heterocycles. The highest BCUT2D eigenvalue weighted by molar-refractivity contribution is 6.48. The van der Waals surface area contributed by atoms with Crippen molar-refractivity contribution in [3.05, 3.63) is 34.1 Å². The Morgan fingerprint density at radius 1 is 1.22 bits per heavy atom. The predicted octanol–water partition coefficient (Wildman–Crippen LogP) is 5.17. The number of carbonyl (C=O) groups is 1. The smallest absolute Gasteiger partial charge is 0.410 e. The van der Waals surface area contributed by atoms with Gasteiger partial charge < -0.3 is 13.9 Å². The number of nitrogens with zero attached hydrogens (tertiary/aromatic N) is 2. The van der Waals surface area contributed by atoms with Gasteiger partial charge in [-0.3, -0.25) is 15.0 Å². The lowest BCUT2D eigenvalue weighted by molar-refractivity contribution is -0.385. The monoisotopic (exact) mass is 469 g/mol. The molecule has 0 bridgehead atoms. The van der Waals surface area contributed by atoms with Crippen molar-refractivity contribution in [3.63, 3.8) is 0 Å². The zero-order chi connectivity index (χ0) is 24.4. The van der Waals surface area contributed by atoms with Gasteiger partial charge in [-0.05, 0) is 39.3 Å². The predicted molar refractivity (Wildman–Crippen MR) is 121 cm³/mol. The molecule has 10 heteroatoms. The normalized spacial score (nSPS) is 20.4. The van der Waals surface area contributed by atoms with Crippen LogP contribution in [0.3, 0.4) is 0 Å². The van der Waals surface area contributed by atoms with Crippen molar-refractivity contribution < 1.29 is 28.0 Å². The summed E-state index contributed by atoms with van der Waals surface area (Å²) in [6.07, 6.45) is -0.806. The van der Waals surface area contributed by atoms with Gasteiger partial charge in [0.2, 0.25) is 9.04 Å². The number of hydrogen-bond acceptors (Lipinski definition) is 6. The molecule has 1 aromatic rings. The summed E-state index contributed by atoms with van der Waals surface area (Å²) in [6, 6.07) is 2.81. The Bertz CT molecular complexity index is 837. The quantitative estimate of drug-likeness (QED) is 0.324. The maximum Gasteiger partial charge on any atom is 0.410 e. The fraction of sp³-hybridized carbons (Fsp3) is 0.682. The standard InChI is InChI=1S/C22H34FN2O6Si/c1-21(2,3)19(31-32(7)8)18-12-17(13-24(18)20(26)30-22(4,5)6)29-16-10-14(23)9-15(11-16)25(27)28/h9-11,17-19H,12-13H2,1-8H3. The van der Waals surface area contributed by atoms with Crippen LogP contribution in [-0.2, 0) is 9.16 Å². The number of hydrogen-bond donors (Lipinski definition) is 0. The molecule has 0 N–H and O–H groups in total. The van der Waals surface area contributed by atoms with Crippen molar-refractivity contribution in [2.45, 2.75) is 84.9 Å². The molecule has 3 unspecified atom stereocenters. The van der Waals surface area contributed by atoms with Gasteiger partial charge >= 0.3 is 6.09 Å². The van der Waals surface area contributed by atoms with Crippen LogP contribution in [-0.4, -0.2) is 55.4 Å². The molecule has 1 aliphatic rings. The second-order valence-corrected chi connectivity index (χ2v) is 12.4. The number of carbonyl (C=O) groups excluding carboxylic acids is 1. The van der Waals surface area contributed by atoms with Gasteiger partial charge in [-0.25, -0.2) is 9.18 Å². The van der Waals surface area contributed by atoms with E-state index in [1.807, 2.05) is 13.1 Å². The van der Waals surface area contributed by atoms with Crippen LogP contribution in [0.2, 0.25) is 13.1 Å². The van der Waals surface area contributed by atoms with Crippen molar-refractivity contribution in [1.29, 1.82) is 0 Å². The van der Waals surface area contributed by atoms with Gasteiger partial charge in [0.05, 0.1) is 35.7 Å². The van der Waals surface area contributed by atoms with Crippen LogP contribution in [0.15, 0.2) is 18.2 Å². The minimum Gasteiger partial charge on any atom is -0.488 e. The van der Waals surface area contributed by atoms with Crippen molar-refractivity contribution in [2.75, 3.05) is 6.54 Å². The summed E-state index contributed by atoms with van der Waals surface area (Å²) in [4.78, 5) is 25.1. The zero-order valence-corrected chi connectivity index (χ0v) is 21.1. The Morgan fingerprint density at radius 2 is 1.84 bits per heavy atom. The average Bonchev–Trinajstić information content (AvgIpc) is 3.00. The molecule has 32 heavy (non-hydrogen) atoms. The number of benzene rings is 1. The Labute approximate surface area is 190 Å². The van der Waals surface area contributed by atoms with Crippen molar-refractivity contribution in [3.8, 4) is 5.75 Å². The molecule has 8 nitrogen and oxygen atoms in total. The van der Waals surface area contributed by atoms with Crippen LogP contribution < -0.4 is 4.74 Å². The molecule has 1 fully saturated rings. The summed E-state index contributed by atoms with van der Waals surface area (Å²) < 4.78 is 31.7. The van der Waals surface area contributed by atoms with E-state index in [9.17, 15) is 19.3 Å². The van der Waals surface area contributed by atoms with Crippen LogP contribution >= 0.6 is 0 Å². The number of rotatable bonds is 6. The first kappa shape index (κ1) is 26.1. The number of ether oxygens (including phenoxy) is 2. The molecule has 1 aromatic carbocycles. The molecular weight excluding hydrogens is 435 g/mol. The lowest BCUT2D eigenvalue weighted by atomic mass is 9.83. The van der Waals surface area contributed by atoms with Gasteiger partial charge in [0.1, 0.15) is 23.3 Å². The molecule has 1 heterocycles. The molecule has 3 atom stereocenters. The fourth-order valence-corrected chi connectivity index (χ4v) is 4.75. The lowest BCUT2D eigenvalue weighted by Gasteiger charge is -2.40. The largest absolute Gasteiger partial charge is 0.488 e. The maximum absolute atomic E-state index is 13.9. The first-order valence-electron chi connectivity index (χ1n) is 10.6. The van der Waals surface area contributed by atoms with Crippen LogP contribution in [0.1, 0.15) is 48.0 Å². The average molecular weight is 470 g/mol. The highest BCUT2D eigenvalue weighted by Crippen LogP contribution is 2.36. The molecule has 1 amide bonds. The summed E-state index contributed by atoms with van der Waals surface area (Å²) in [5.74, 6) is -0.705. The first-order chi connectivity index (χ1) is 14.6. The number of nitro benzene ring substituents is 1. The number of halogens is 1. The number of nitro groups is 1. The van der Waals surface area contributed by atoms with Crippen LogP contribution in [0.5, 0.6) is 5.75 Å². The molecule has 1 saturated heterocycles. The van der Waals surface area contributed by atoms with E-state index in [0.717, 1.165) is 12.1 Å². The molecule has 1 radical (unpaired) electrons. The zero-order valence-electron chi connectivity index (χ0n) is 20.1. The molecule has 0 spiro atoms. The molecule has 0 aliphatic carbocycles. The van der Waals surface area contributed by atoms with E-state index < -0.39 is 43.3 Å². The minimum absolute atomic E-state index is 0.0513. The highest BCUT2D eigenvalue weighted by Gasteiger charge is 2.47. The highest BCUT2D eigenvalue weighted by atomic mass is 28.3. The molecule has 2 rings (SSSR count). The van der Waals surface area contributed by atoms with Crippen molar-refractivity contribution in [1.82, 2.24) is 4.90 Å². The van der Waals surface area contributed by atoms with E-state index in [4.69, 9.17) is 13.9 Å². The molecular formula is C22H34FN2O6Si. The van der Waals surface area contributed by atoms with E-state index >= 15 is 0 Å². The van der Waals surface area contributed by atoms with Crippen LogP contribution in [0, 0.1) is 21.3 Å². The number of amides is 1. The topological polar surface area (TPSA) is 91.1 Å². The van der Waals surface area contributed by atoms with Crippen molar-refractivity contribution >= 4 is 20.8 Å². The van der Waals surface area contributed by atoms with Gasteiger partial charge in [0.25, 0.3) is 5.69 Å². The number of non-ortho nitro benzene ring substituents is 1. The molecule has 179 valence electrons. The summed E-state index contributed by atoms with van der Waals surface area (Å²) >= 11 is 0. The van der Waals surface area contributed by atoms with E-state index in [0.29, 0.717) is 6.42 Å². The summed E-state index contributed by atoms with van der Waals surface area (Å²) in [5, 5.41) is 11.1. The first-order valence-corrected chi connectivity index (χ1v) is 13.1. The van der Waals surface area contributed by atoms with Gasteiger partial charge in [-0.2, -0.15) is 0 Å².